The van der Waals surface area contributed by atoms with Crippen molar-refractivity contribution in [3.8, 4) is 11.3 Å². The van der Waals surface area contributed by atoms with Crippen molar-refractivity contribution in [1.29, 1.82) is 0 Å². The maximum absolute atomic E-state index is 2.47. The molecule has 1 heterocycles. The van der Waals surface area contributed by atoms with Crippen molar-refractivity contribution in [1.82, 2.24) is 4.57 Å². The van der Waals surface area contributed by atoms with Crippen LogP contribution in [0, 0.1) is 27.7 Å². The van der Waals surface area contributed by atoms with Crippen LogP contribution in [0.15, 0.2) is 66.7 Å². The van der Waals surface area contributed by atoms with Crippen LogP contribution in [-0.4, -0.2) is 4.57 Å². The minimum absolute atomic E-state index is 0.886. The van der Waals surface area contributed by atoms with Crippen molar-refractivity contribution < 1.29 is 0 Å². The highest BCUT2D eigenvalue weighted by atomic mass is 15.0. The molecular weight excluding hydrogens is 314 g/mol. The number of hydrogen-bond acceptors (Lipinski definition) is 0. The largest absolute Gasteiger partial charge is 0.336 e. The summed E-state index contributed by atoms with van der Waals surface area (Å²) < 4.78 is 2.47. The molecule has 0 radical (unpaired) electrons. The van der Waals surface area contributed by atoms with Crippen molar-refractivity contribution in [2.45, 2.75) is 34.2 Å². The quantitative estimate of drug-likeness (QED) is 0.397. The first kappa shape index (κ1) is 16.7. The summed E-state index contributed by atoms with van der Waals surface area (Å²) in [5.74, 6) is 0. The molecule has 4 rings (SSSR count). The highest BCUT2D eigenvalue weighted by molar-refractivity contribution is 5.92. The fourth-order valence-electron chi connectivity index (χ4n) is 3.76. The molecule has 0 spiro atoms. The molecule has 0 saturated heterocycles. The Balaban J connectivity index is 1.94. The Morgan fingerprint density at radius 2 is 1.23 bits per heavy atom. The van der Waals surface area contributed by atoms with Crippen molar-refractivity contribution >= 4 is 10.9 Å². The summed E-state index contributed by atoms with van der Waals surface area (Å²) in [6.45, 7) is 9.59. The zero-order valence-corrected chi connectivity index (χ0v) is 16.0. The van der Waals surface area contributed by atoms with Gasteiger partial charge < -0.3 is 4.57 Å². The summed E-state index contributed by atoms with van der Waals surface area (Å²) >= 11 is 0. The third kappa shape index (κ3) is 2.94. The molecule has 0 N–H and O–H groups in total. The van der Waals surface area contributed by atoms with Crippen LogP contribution in [0.1, 0.15) is 27.8 Å². The van der Waals surface area contributed by atoms with Gasteiger partial charge in [0.05, 0.1) is 5.69 Å². The lowest BCUT2D eigenvalue weighted by atomic mass is 10.0. The summed E-state index contributed by atoms with van der Waals surface area (Å²) in [5.41, 5.74) is 10.5. The lowest BCUT2D eigenvalue weighted by molar-refractivity contribution is 0.842. The van der Waals surface area contributed by atoms with Crippen LogP contribution >= 0.6 is 0 Å². The lowest BCUT2D eigenvalue weighted by Gasteiger charge is -2.13. The molecule has 0 fully saturated rings. The van der Waals surface area contributed by atoms with Crippen LogP contribution in [0.4, 0.5) is 0 Å². The van der Waals surface area contributed by atoms with Crippen LogP contribution in [0.5, 0.6) is 0 Å². The van der Waals surface area contributed by atoms with Crippen molar-refractivity contribution in [2.75, 3.05) is 0 Å². The van der Waals surface area contributed by atoms with E-state index in [2.05, 4.69) is 99.0 Å². The van der Waals surface area contributed by atoms with Gasteiger partial charge in [0.2, 0.25) is 0 Å². The number of hydrogen-bond donors (Lipinski definition) is 0. The van der Waals surface area contributed by atoms with E-state index < -0.39 is 0 Å². The molecule has 0 unspecified atom stereocenters. The Bertz CT molecular complexity index is 1060. The van der Waals surface area contributed by atoms with Gasteiger partial charge in [0, 0.05) is 17.4 Å². The lowest BCUT2D eigenvalue weighted by Crippen LogP contribution is -2.02. The molecule has 130 valence electrons. The average molecular weight is 339 g/mol. The SMILES string of the molecule is Cc1ccc(Cn2c(-c3ccc(C)cc3)c(C)c3cc(C)ccc32)cc1. The molecule has 0 aliphatic rings. The van der Waals surface area contributed by atoms with E-state index in [-0.39, 0.29) is 0 Å². The zero-order valence-electron chi connectivity index (χ0n) is 16.0. The van der Waals surface area contributed by atoms with Gasteiger partial charge in [0.1, 0.15) is 0 Å². The maximum Gasteiger partial charge on any atom is 0.0524 e. The normalized spacial score (nSPS) is 11.2. The van der Waals surface area contributed by atoms with Gasteiger partial charge in [-0.1, -0.05) is 71.3 Å². The van der Waals surface area contributed by atoms with Crippen molar-refractivity contribution in [3.05, 3.63) is 94.5 Å². The Morgan fingerprint density at radius 1 is 0.654 bits per heavy atom. The molecule has 0 aliphatic heterocycles. The first-order valence-electron chi connectivity index (χ1n) is 9.25. The number of benzene rings is 3. The predicted molar refractivity (Wildman–Crippen MR) is 112 cm³/mol. The summed E-state index contributed by atoms with van der Waals surface area (Å²) in [7, 11) is 0. The van der Waals surface area contributed by atoms with Crippen LogP contribution in [0.25, 0.3) is 22.2 Å². The molecule has 1 heteroatoms. The molecule has 0 amide bonds. The van der Waals surface area contributed by atoms with Crippen LogP contribution in [0.3, 0.4) is 0 Å². The second-order valence-electron chi connectivity index (χ2n) is 7.43. The second-order valence-corrected chi connectivity index (χ2v) is 7.43. The minimum atomic E-state index is 0.886. The first-order valence-corrected chi connectivity index (χ1v) is 9.25. The van der Waals surface area contributed by atoms with Crippen molar-refractivity contribution in [2.24, 2.45) is 0 Å². The molecule has 1 aromatic heterocycles. The number of rotatable bonds is 3. The van der Waals surface area contributed by atoms with Crippen LogP contribution in [0.2, 0.25) is 0 Å². The van der Waals surface area contributed by atoms with E-state index >= 15 is 0 Å². The van der Waals surface area contributed by atoms with Gasteiger partial charge in [-0.15, -0.1) is 0 Å². The molecule has 26 heavy (non-hydrogen) atoms. The highest BCUT2D eigenvalue weighted by Crippen LogP contribution is 2.34. The Labute approximate surface area is 155 Å². The smallest absolute Gasteiger partial charge is 0.0524 e. The summed E-state index contributed by atoms with van der Waals surface area (Å²) in [4.78, 5) is 0. The van der Waals surface area contributed by atoms with E-state index in [1.54, 1.807) is 0 Å². The van der Waals surface area contributed by atoms with Crippen molar-refractivity contribution in [3.63, 3.8) is 0 Å². The van der Waals surface area contributed by atoms with Gasteiger partial charge in [-0.25, -0.2) is 0 Å². The summed E-state index contributed by atoms with van der Waals surface area (Å²) in [6.07, 6.45) is 0. The van der Waals surface area contributed by atoms with E-state index in [0.29, 0.717) is 0 Å². The van der Waals surface area contributed by atoms with E-state index in [1.165, 1.54) is 50.0 Å². The van der Waals surface area contributed by atoms with E-state index in [1.807, 2.05) is 0 Å². The van der Waals surface area contributed by atoms with E-state index in [0.717, 1.165) is 6.54 Å². The third-order valence-corrected chi connectivity index (χ3v) is 5.26. The molecule has 4 aromatic rings. The molecule has 0 aliphatic carbocycles. The first-order chi connectivity index (χ1) is 12.5. The Morgan fingerprint density at radius 3 is 1.88 bits per heavy atom. The molecule has 0 saturated carbocycles. The second kappa shape index (κ2) is 6.49. The van der Waals surface area contributed by atoms with Gasteiger partial charge in [-0.05, 0) is 56.5 Å². The highest BCUT2D eigenvalue weighted by Gasteiger charge is 2.16. The molecule has 0 bridgehead atoms. The van der Waals surface area contributed by atoms with Crippen LogP contribution in [-0.2, 0) is 6.54 Å². The van der Waals surface area contributed by atoms with Gasteiger partial charge >= 0.3 is 0 Å². The summed E-state index contributed by atoms with van der Waals surface area (Å²) in [5, 5.41) is 1.35. The van der Waals surface area contributed by atoms with Gasteiger partial charge in [-0.2, -0.15) is 0 Å². The number of aryl methyl sites for hydroxylation is 4. The maximum atomic E-state index is 2.47. The van der Waals surface area contributed by atoms with Crippen LogP contribution < -0.4 is 0 Å². The molecular formula is C25H25N. The standard InChI is InChI=1S/C25H25N/c1-17-5-10-21(11-6-17)16-26-24-14-9-19(3)15-23(24)20(4)25(26)22-12-7-18(2)8-13-22/h5-15H,16H2,1-4H3. The number of aromatic nitrogens is 1. The minimum Gasteiger partial charge on any atom is -0.336 e. The van der Waals surface area contributed by atoms with Gasteiger partial charge in [-0.3, -0.25) is 0 Å². The fourth-order valence-corrected chi connectivity index (χ4v) is 3.76. The fraction of sp³-hybridized carbons (Fsp3) is 0.200. The predicted octanol–water partition coefficient (Wildman–Crippen LogP) is 6.59. The number of nitrogens with zero attached hydrogens (tertiary/aromatic N) is 1. The van der Waals surface area contributed by atoms with Gasteiger partial charge in [0.25, 0.3) is 0 Å². The van der Waals surface area contributed by atoms with E-state index in [9.17, 15) is 0 Å². The zero-order chi connectivity index (χ0) is 18.3. The molecule has 3 aromatic carbocycles. The average Bonchev–Trinajstić information content (AvgIpc) is 2.89. The topological polar surface area (TPSA) is 4.93 Å². The van der Waals surface area contributed by atoms with E-state index in [4.69, 9.17) is 0 Å². The van der Waals surface area contributed by atoms with Gasteiger partial charge in [0.15, 0.2) is 0 Å². The monoisotopic (exact) mass is 339 g/mol. The number of fused-ring (bicyclic) bond motifs is 1. The molecule has 0 atom stereocenters. The Hall–Kier alpha value is -2.80. The third-order valence-electron chi connectivity index (χ3n) is 5.26. The Kier molecular flexibility index (Phi) is 4.16. The summed E-state index contributed by atoms with van der Waals surface area (Å²) in [6, 6.07) is 24.6. The molecule has 1 nitrogen and oxygen atoms in total.